The summed E-state index contributed by atoms with van der Waals surface area (Å²) >= 11 is 0. The molecule has 3 atom stereocenters. The van der Waals surface area contributed by atoms with Gasteiger partial charge in [0.1, 0.15) is 5.54 Å². The Morgan fingerprint density at radius 1 is 1.39 bits per heavy atom. The van der Waals surface area contributed by atoms with Crippen molar-refractivity contribution in [1.29, 1.82) is 0 Å². The van der Waals surface area contributed by atoms with E-state index in [0.29, 0.717) is 18.6 Å². The van der Waals surface area contributed by atoms with Gasteiger partial charge in [-0.25, -0.2) is 0 Å². The lowest BCUT2D eigenvalue weighted by molar-refractivity contribution is -0.145. The van der Waals surface area contributed by atoms with Gasteiger partial charge in [0.25, 0.3) is 0 Å². The van der Waals surface area contributed by atoms with Crippen LogP contribution in [0.15, 0.2) is 0 Å². The molecule has 1 aliphatic rings. The molecule has 0 saturated carbocycles. The molecular formula is C14H28N2O2. The van der Waals surface area contributed by atoms with Crippen LogP contribution in [0.3, 0.4) is 0 Å². The monoisotopic (exact) mass is 256 g/mol. The summed E-state index contributed by atoms with van der Waals surface area (Å²) in [4.78, 5) is 13.9. The normalized spacial score (nSPS) is 28.9. The average molecular weight is 256 g/mol. The standard InChI is InChI=1S/C14H28N2O2/c1-5-9-15-14(4,13(17)18)10-16-11(2)7-6-8-12(16)3/h11-12,15H,5-10H2,1-4H3,(H,17,18)/t11-,12+,14?. The van der Waals surface area contributed by atoms with Gasteiger partial charge in [-0.2, -0.15) is 0 Å². The van der Waals surface area contributed by atoms with E-state index in [4.69, 9.17) is 0 Å². The third-order valence-electron chi connectivity index (χ3n) is 4.11. The van der Waals surface area contributed by atoms with Crippen molar-refractivity contribution in [1.82, 2.24) is 10.2 Å². The van der Waals surface area contributed by atoms with Crippen molar-refractivity contribution in [3.63, 3.8) is 0 Å². The lowest BCUT2D eigenvalue weighted by atomic mass is 9.93. The minimum absolute atomic E-state index is 0.482. The molecule has 0 bridgehead atoms. The lowest BCUT2D eigenvalue weighted by Crippen LogP contribution is -2.60. The largest absolute Gasteiger partial charge is 0.480 e. The molecule has 0 aromatic heterocycles. The van der Waals surface area contributed by atoms with Gasteiger partial charge >= 0.3 is 5.97 Å². The number of rotatable bonds is 6. The highest BCUT2D eigenvalue weighted by molar-refractivity contribution is 5.78. The number of hydrogen-bond acceptors (Lipinski definition) is 3. The molecule has 1 rings (SSSR count). The van der Waals surface area contributed by atoms with Crippen LogP contribution >= 0.6 is 0 Å². The van der Waals surface area contributed by atoms with Gasteiger partial charge in [0.05, 0.1) is 0 Å². The molecule has 4 heteroatoms. The van der Waals surface area contributed by atoms with Crippen LogP contribution in [0.5, 0.6) is 0 Å². The Kier molecular flexibility index (Phi) is 5.60. The third-order valence-corrected chi connectivity index (χ3v) is 4.11. The zero-order valence-corrected chi connectivity index (χ0v) is 12.2. The zero-order valence-electron chi connectivity index (χ0n) is 12.2. The summed E-state index contributed by atoms with van der Waals surface area (Å²) in [6, 6.07) is 0.965. The predicted molar refractivity (Wildman–Crippen MR) is 73.8 cm³/mol. The minimum atomic E-state index is -0.837. The van der Waals surface area contributed by atoms with E-state index in [1.807, 2.05) is 0 Å². The molecule has 0 spiro atoms. The van der Waals surface area contributed by atoms with Crippen molar-refractivity contribution in [2.75, 3.05) is 13.1 Å². The first-order valence-corrected chi connectivity index (χ1v) is 7.15. The number of piperidine rings is 1. The van der Waals surface area contributed by atoms with Gasteiger partial charge in [0, 0.05) is 18.6 Å². The van der Waals surface area contributed by atoms with Gasteiger partial charge in [-0.05, 0) is 46.6 Å². The molecule has 0 aromatic rings. The van der Waals surface area contributed by atoms with Crippen LogP contribution in [0, 0.1) is 0 Å². The first kappa shape index (κ1) is 15.4. The van der Waals surface area contributed by atoms with Crippen LogP contribution in [0.2, 0.25) is 0 Å². The van der Waals surface area contributed by atoms with E-state index in [1.165, 1.54) is 19.3 Å². The highest BCUT2D eigenvalue weighted by atomic mass is 16.4. The summed E-state index contributed by atoms with van der Waals surface area (Å²) in [5.41, 5.74) is -0.837. The fourth-order valence-corrected chi connectivity index (χ4v) is 2.75. The van der Waals surface area contributed by atoms with Gasteiger partial charge < -0.3 is 10.4 Å². The van der Waals surface area contributed by atoms with Gasteiger partial charge in [0.15, 0.2) is 0 Å². The summed E-state index contributed by atoms with van der Waals surface area (Å²) in [7, 11) is 0. The summed E-state index contributed by atoms with van der Waals surface area (Å²) in [5.74, 6) is -0.749. The summed E-state index contributed by atoms with van der Waals surface area (Å²) in [6.07, 6.45) is 4.56. The van der Waals surface area contributed by atoms with Crippen LogP contribution in [0.1, 0.15) is 53.4 Å². The quantitative estimate of drug-likeness (QED) is 0.764. The number of hydrogen-bond donors (Lipinski definition) is 2. The Balaban J connectivity index is 2.72. The number of nitrogens with zero attached hydrogens (tertiary/aromatic N) is 1. The molecular weight excluding hydrogens is 228 g/mol. The van der Waals surface area contributed by atoms with Crippen molar-refractivity contribution < 1.29 is 9.90 Å². The summed E-state index contributed by atoms with van der Waals surface area (Å²) in [6.45, 7) is 9.61. The molecule has 18 heavy (non-hydrogen) atoms. The Bertz CT molecular complexity index is 273. The fourth-order valence-electron chi connectivity index (χ4n) is 2.75. The van der Waals surface area contributed by atoms with Crippen LogP contribution < -0.4 is 5.32 Å². The Morgan fingerprint density at radius 3 is 2.39 bits per heavy atom. The lowest BCUT2D eigenvalue weighted by Gasteiger charge is -2.43. The number of carboxylic acid groups (broad SMARTS) is 1. The van der Waals surface area contributed by atoms with E-state index in [2.05, 4.69) is 31.0 Å². The third kappa shape index (κ3) is 3.69. The first-order chi connectivity index (χ1) is 8.40. The zero-order chi connectivity index (χ0) is 13.8. The molecule has 0 aliphatic carbocycles. The van der Waals surface area contributed by atoms with Crippen LogP contribution in [-0.4, -0.2) is 46.7 Å². The Morgan fingerprint density at radius 2 is 1.94 bits per heavy atom. The first-order valence-electron chi connectivity index (χ1n) is 7.15. The second-order valence-corrected chi connectivity index (χ2v) is 5.87. The molecule has 106 valence electrons. The number of aliphatic carboxylic acids is 1. The van der Waals surface area contributed by atoms with E-state index < -0.39 is 11.5 Å². The molecule has 1 unspecified atom stereocenters. The van der Waals surface area contributed by atoms with Crippen LogP contribution in [-0.2, 0) is 4.79 Å². The number of carboxylic acids is 1. The number of carbonyl (C=O) groups is 1. The highest BCUT2D eigenvalue weighted by Crippen LogP contribution is 2.24. The van der Waals surface area contributed by atoms with Gasteiger partial charge in [-0.3, -0.25) is 9.69 Å². The molecule has 1 saturated heterocycles. The smallest absolute Gasteiger partial charge is 0.324 e. The molecule has 0 amide bonds. The molecule has 2 N–H and O–H groups in total. The maximum absolute atomic E-state index is 11.5. The van der Waals surface area contributed by atoms with E-state index in [0.717, 1.165) is 13.0 Å². The van der Waals surface area contributed by atoms with E-state index >= 15 is 0 Å². The summed E-state index contributed by atoms with van der Waals surface area (Å²) in [5, 5.41) is 12.7. The maximum atomic E-state index is 11.5. The number of nitrogens with one attached hydrogen (secondary N) is 1. The van der Waals surface area contributed by atoms with Crippen LogP contribution in [0.25, 0.3) is 0 Å². The summed E-state index contributed by atoms with van der Waals surface area (Å²) < 4.78 is 0. The van der Waals surface area contributed by atoms with Crippen LogP contribution in [0.4, 0.5) is 0 Å². The molecule has 0 aromatic carbocycles. The topological polar surface area (TPSA) is 52.6 Å². The van der Waals surface area contributed by atoms with E-state index in [9.17, 15) is 9.90 Å². The minimum Gasteiger partial charge on any atom is -0.480 e. The second kappa shape index (κ2) is 6.53. The van der Waals surface area contributed by atoms with Gasteiger partial charge in [-0.1, -0.05) is 13.3 Å². The number of likely N-dealkylation sites (tertiary alicyclic amines) is 1. The van der Waals surface area contributed by atoms with E-state index in [-0.39, 0.29) is 0 Å². The van der Waals surface area contributed by atoms with Crippen molar-refractivity contribution in [3.05, 3.63) is 0 Å². The fraction of sp³-hybridized carbons (Fsp3) is 0.929. The molecule has 4 nitrogen and oxygen atoms in total. The van der Waals surface area contributed by atoms with Crippen molar-refractivity contribution in [3.8, 4) is 0 Å². The molecule has 1 heterocycles. The van der Waals surface area contributed by atoms with Gasteiger partial charge in [-0.15, -0.1) is 0 Å². The molecule has 1 aliphatic heterocycles. The van der Waals surface area contributed by atoms with Crippen molar-refractivity contribution >= 4 is 5.97 Å². The van der Waals surface area contributed by atoms with E-state index in [1.54, 1.807) is 6.92 Å². The maximum Gasteiger partial charge on any atom is 0.324 e. The Labute approximate surface area is 111 Å². The van der Waals surface area contributed by atoms with Gasteiger partial charge in [0.2, 0.25) is 0 Å². The van der Waals surface area contributed by atoms with Crippen molar-refractivity contribution in [2.45, 2.75) is 71.0 Å². The molecule has 0 radical (unpaired) electrons. The second-order valence-electron chi connectivity index (χ2n) is 5.87. The molecule has 1 fully saturated rings. The average Bonchev–Trinajstić information content (AvgIpc) is 2.31. The Hall–Kier alpha value is -0.610. The highest BCUT2D eigenvalue weighted by Gasteiger charge is 2.38. The SMILES string of the molecule is CCCNC(C)(CN1[C@H](C)CCC[C@@H]1C)C(=O)O. The van der Waals surface area contributed by atoms with Crippen molar-refractivity contribution in [2.24, 2.45) is 0 Å². The predicted octanol–water partition coefficient (Wildman–Crippen LogP) is 2.09.